The molecule has 2 N–H and O–H groups in total. The average Bonchev–Trinajstić information content (AvgIpc) is 3.16. The van der Waals surface area contributed by atoms with Gasteiger partial charge in [-0.05, 0) is 25.1 Å². The molecule has 2 aliphatic heterocycles. The van der Waals surface area contributed by atoms with Gasteiger partial charge in [0.05, 0.1) is 18.7 Å². The minimum atomic E-state index is -0.294. The van der Waals surface area contributed by atoms with E-state index < -0.39 is 0 Å². The molecule has 2 amide bonds. The monoisotopic (exact) mass is 339 g/mol. The van der Waals surface area contributed by atoms with Crippen LogP contribution in [-0.2, 0) is 9.59 Å². The first kappa shape index (κ1) is 17.6. The minimum Gasteiger partial charge on any atom is -0.495 e. The van der Waals surface area contributed by atoms with Crippen LogP contribution in [0.5, 0.6) is 5.75 Å². The molecule has 0 bridgehead atoms. The second-order valence-electron chi connectivity index (χ2n) is 5.78. The Morgan fingerprint density at radius 2 is 2.17 bits per heavy atom. The number of benzene rings is 1. The van der Waals surface area contributed by atoms with Gasteiger partial charge in [-0.25, -0.2) is 0 Å². The first-order chi connectivity index (χ1) is 10.7. The van der Waals surface area contributed by atoms with Gasteiger partial charge < -0.3 is 20.3 Å². The van der Waals surface area contributed by atoms with E-state index in [-0.39, 0.29) is 42.6 Å². The van der Waals surface area contributed by atoms with Crippen molar-refractivity contribution >= 4 is 29.9 Å². The highest BCUT2D eigenvalue weighted by atomic mass is 35.5. The standard InChI is InChI=1S/C16H21N3O3.ClH/c1-22-14-5-3-2-4-13(14)19-10-11(8-15(19)20)16(21)18-12-6-7-17-9-12;/h2-5,11-12,17H,6-10H2,1H3,(H,18,21);1H. The van der Waals surface area contributed by atoms with Crippen LogP contribution in [0.1, 0.15) is 12.8 Å². The number of carbonyl (C=O) groups excluding carboxylic acids is 2. The van der Waals surface area contributed by atoms with Crippen molar-refractivity contribution < 1.29 is 14.3 Å². The molecule has 2 heterocycles. The van der Waals surface area contributed by atoms with E-state index in [2.05, 4.69) is 10.6 Å². The molecular formula is C16H22ClN3O3. The highest BCUT2D eigenvalue weighted by Crippen LogP contribution is 2.32. The predicted molar refractivity (Wildman–Crippen MR) is 90.1 cm³/mol. The van der Waals surface area contributed by atoms with E-state index in [1.807, 2.05) is 24.3 Å². The van der Waals surface area contributed by atoms with E-state index in [0.717, 1.165) is 25.2 Å². The second kappa shape index (κ2) is 7.66. The summed E-state index contributed by atoms with van der Waals surface area (Å²) < 4.78 is 5.31. The van der Waals surface area contributed by atoms with E-state index in [1.165, 1.54) is 0 Å². The van der Waals surface area contributed by atoms with Gasteiger partial charge in [0.25, 0.3) is 0 Å². The number of ether oxygens (including phenoxy) is 1. The third-order valence-corrected chi connectivity index (χ3v) is 4.28. The van der Waals surface area contributed by atoms with Crippen LogP contribution in [0.15, 0.2) is 24.3 Å². The number of methoxy groups -OCH3 is 1. The molecule has 3 rings (SSSR count). The quantitative estimate of drug-likeness (QED) is 0.857. The predicted octanol–water partition coefficient (Wildman–Crippen LogP) is 0.948. The van der Waals surface area contributed by atoms with Crippen molar-refractivity contribution in [2.45, 2.75) is 18.9 Å². The third-order valence-electron chi connectivity index (χ3n) is 4.28. The Bertz CT molecular complexity index is 575. The van der Waals surface area contributed by atoms with Crippen molar-refractivity contribution in [3.63, 3.8) is 0 Å². The molecule has 2 aliphatic rings. The molecule has 126 valence electrons. The van der Waals surface area contributed by atoms with Crippen LogP contribution in [0.2, 0.25) is 0 Å². The Balaban J connectivity index is 0.00000192. The van der Waals surface area contributed by atoms with Crippen molar-refractivity contribution in [3.8, 4) is 5.75 Å². The van der Waals surface area contributed by atoms with Crippen molar-refractivity contribution in [2.24, 2.45) is 5.92 Å². The molecule has 2 unspecified atom stereocenters. The second-order valence-corrected chi connectivity index (χ2v) is 5.78. The Morgan fingerprint density at radius 1 is 1.39 bits per heavy atom. The first-order valence-electron chi connectivity index (χ1n) is 7.63. The fourth-order valence-electron chi connectivity index (χ4n) is 3.07. The maximum atomic E-state index is 12.3. The summed E-state index contributed by atoms with van der Waals surface area (Å²) in [5, 5.41) is 6.25. The molecule has 23 heavy (non-hydrogen) atoms. The summed E-state index contributed by atoms with van der Waals surface area (Å²) >= 11 is 0. The van der Waals surface area contributed by atoms with Gasteiger partial charge in [0.2, 0.25) is 11.8 Å². The zero-order valence-corrected chi connectivity index (χ0v) is 13.9. The smallest absolute Gasteiger partial charge is 0.227 e. The highest BCUT2D eigenvalue weighted by Gasteiger charge is 2.36. The normalized spacial score (nSPS) is 23.5. The van der Waals surface area contributed by atoms with E-state index >= 15 is 0 Å². The van der Waals surface area contributed by atoms with Crippen LogP contribution in [0, 0.1) is 5.92 Å². The molecule has 2 atom stereocenters. The number of rotatable bonds is 4. The lowest BCUT2D eigenvalue weighted by atomic mass is 10.1. The summed E-state index contributed by atoms with van der Waals surface area (Å²) in [5.74, 6) is 0.295. The van der Waals surface area contributed by atoms with E-state index in [0.29, 0.717) is 12.3 Å². The van der Waals surface area contributed by atoms with Gasteiger partial charge in [-0.3, -0.25) is 9.59 Å². The zero-order chi connectivity index (χ0) is 15.5. The Labute approximate surface area is 142 Å². The van der Waals surface area contributed by atoms with Crippen molar-refractivity contribution in [1.29, 1.82) is 0 Å². The number of nitrogens with zero attached hydrogens (tertiary/aromatic N) is 1. The van der Waals surface area contributed by atoms with Crippen LogP contribution in [0.4, 0.5) is 5.69 Å². The van der Waals surface area contributed by atoms with Crippen molar-refractivity contribution in [3.05, 3.63) is 24.3 Å². The molecule has 0 radical (unpaired) electrons. The van der Waals surface area contributed by atoms with E-state index in [1.54, 1.807) is 12.0 Å². The molecule has 1 aromatic rings. The van der Waals surface area contributed by atoms with Crippen LogP contribution in [0.3, 0.4) is 0 Å². The molecule has 2 saturated heterocycles. The number of halogens is 1. The zero-order valence-electron chi connectivity index (χ0n) is 13.1. The van der Waals surface area contributed by atoms with Gasteiger partial charge >= 0.3 is 0 Å². The number of nitrogens with one attached hydrogen (secondary N) is 2. The molecule has 0 aliphatic carbocycles. The Kier molecular flexibility index (Phi) is 5.85. The Morgan fingerprint density at radius 3 is 2.87 bits per heavy atom. The SMILES string of the molecule is COc1ccccc1N1CC(C(=O)NC2CCNC2)CC1=O.Cl. The fraction of sp³-hybridized carbons (Fsp3) is 0.500. The van der Waals surface area contributed by atoms with Gasteiger partial charge in [-0.2, -0.15) is 0 Å². The molecule has 7 heteroatoms. The van der Waals surface area contributed by atoms with Crippen molar-refractivity contribution in [1.82, 2.24) is 10.6 Å². The summed E-state index contributed by atoms with van der Waals surface area (Å²) in [6, 6.07) is 7.57. The van der Waals surface area contributed by atoms with Crippen LogP contribution in [0.25, 0.3) is 0 Å². The highest BCUT2D eigenvalue weighted by molar-refractivity contribution is 6.01. The largest absolute Gasteiger partial charge is 0.495 e. The topological polar surface area (TPSA) is 70.7 Å². The van der Waals surface area contributed by atoms with E-state index in [9.17, 15) is 9.59 Å². The average molecular weight is 340 g/mol. The molecular weight excluding hydrogens is 318 g/mol. The molecule has 0 spiro atoms. The lowest BCUT2D eigenvalue weighted by Gasteiger charge is -2.20. The summed E-state index contributed by atoms with van der Waals surface area (Å²) in [7, 11) is 1.58. The van der Waals surface area contributed by atoms with Gasteiger partial charge in [0.15, 0.2) is 0 Å². The molecule has 6 nitrogen and oxygen atoms in total. The minimum absolute atomic E-state index is 0. The number of anilines is 1. The van der Waals surface area contributed by atoms with Gasteiger partial charge in [-0.1, -0.05) is 12.1 Å². The maximum absolute atomic E-state index is 12.3. The number of para-hydroxylation sites is 2. The lowest BCUT2D eigenvalue weighted by molar-refractivity contribution is -0.126. The lowest BCUT2D eigenvalue weighted by Crippen LogP contribution is -2.40. The van der Waals surface area contributed by atoms with Crippen LogP contribution >= 0.6 is 12.4 Å². The first-order valence-corrected chi connectivity index (χ1v) is 7.63. The number of hydrogen-bond acceptors (Lipinski definition) is 4. The molecule has 0 aromatic heterocycles. The third kappa shape index (κ3) is 3.76. The molecule has 1 aromatic carbocycles. The summed E-state index contributed by atoms with van der Waals surface area (Å²) in [6.45, 7) is 2.15. The van der Waals surface area contributed by atoms with Gasteiger partial charge in [0, 0.05) is 25.6 Å². The number of carbonyl (C=O) groups is 2. The number of amides is 2. The van der Waals surface area contributed by atoms with E-state index in [4.69, 9.17) is 4.74 Å². The number of hydrogen-bond donors (Lipinski definition) is 2. The summed E-state index contributed by atoms with van der Waals surface area (Å²) in [4.78, 5) is 26.3. The fourth-order valence-corrected chi connectivity index (χ4v) is 3.07. The molecule has 0 saturated carbocycles. The van der Waals surface area contributed by atoms with Crippen LogP contribution in [-0.4, -0.2) is 44.6 Å². The summed E-state index contributed by atoms with van der Waals surface area (Å²) in [6.07, 6.45) is 1.20. The van der Waals surface area contributed by atoms with Crippen LogP contribution < -0.4 is 20.3 Å². The van der Waals surface area contributed by atoms with Crippen molar-refractivity contribution in [2.75, 3.05) is 31.6 Å². The van der Waals surface area contributed by atoms with Gasteiger partial charge in [-0.15, -0.1) is 12.4 Å². The maximum Gasteiger partial charge on any atom is 0.227 e. The Hall–Kier alpha value is -1.79. The summed E-state index contributed by atoms with van der Waals surface area (Å²) in [5.41, 5.74) is 0.729. The molecule has 2 fully saturated rings. The van der Waals surface area contributed by atoms with Gasteiger partial charge in [0.1, 0.15) is 5.75 Å².